The summed E-state index contributed by atoms with van der Waals surface area (Å²) in [5.74, 6) is -0.462. The fraction of sp³-hybridized carbons (Fsp3) is 0.450. The smallest absolute Gasteiger partial charge is 0.318 e. The Labute approximate surface area is 148 Å². The molecular formula is C20H25NO2S. The van der Waals surface area contributed by atoms with Gasteiger partial charge in [0, 0.05) is 6.54 Å². The summed E-state index contributed by atoms with van der Waals surface area (Å²) in [5, 5.41) is 4.05. The van der Waals surface area contributed by atoms with Gasteiger partial charge in [-0.3, -0.25) is 9.69 Å². The Balaban J connectivity index is 1.60. The van der Waals surface area contributed by atoms with Crippen molar-refractivity contribution in [3.63, 3.8) is 0 Å². The van der Waals surface area contributed by atoms with Gasteiger partial charge in [-0.1, -0.05) is 43.2 Å². The van der Waals surface area contributed by atoms with E-state index in [2.05, 4.69) is 4.90 Å². The van der Waals surface area contributed by atoms with Crippen molar-refractivity contribution in [2.45, 2.75) is 31.6 Å². The van der Waals surface area contributed by atoms with Gasteiger partial charge < -0.3 is 4.74 Å². The van der Waals surface area contributed by atoms with Crippen molar-refractivity contribution in [2.24, 2.45) is 0 Å². The second-order valence-electron chi connectivity index (χ2n) is 6.32. The van der Waals surface area contributed by atoms with Crippen LogP contribution in [0.4, 0.5) is 0 Å². The second-order valence-corrected chi connectivity index (χ2v) is 7.10. The molecule has 1 aliphatic heterocycles. The number of hydrogen-bond donors (Lipinski definition) is 0. The number of hydrogen-bond acceptors (Lipinski definition) is 4. The molecule has 0 spiro atoms. The molecule has 4 heteroatoms. The highest BCUT2D eigenvalue weighted by molar-refractivity contribution is 7.08. The van der Waals surface area contributed by atoms with E-state index < -0.39 is 0 Å². The van der Waals surface area contributed by atoms with Crippen LogP contribution >= 0.6 is 11.3 Å². The third-order valence-electron chi connectivity index (χ3n) is 4.60. The minimum Gasteiger partial charge on any atom is -0.464 e. The van der Waals surface area contributed by atoms with Crippen LogP contribution in [0.5, 0.6) is 0 Å². The van der Waals surface area contributed by atoms with E-state index in [0.29, 0.717) is 6.61 Å². The zero-order valence-corrected chi connectivity index (χ0v) is 14.8. The molecule has 0 saturated carbocycles. The molecule has 1 atom stereocenters. The SMILES string of the molecule is O=C(OCCN1CCCCCC1)[C@@H](c1ccccc1)c1ccsc1. The highest BCUT2D eigenvalue weighted by Gasteiger charge is 2.24. The fourth-order valence-corrected chi connectivity index (χ4v) is 3.95. The predicted octanol–water partition coefficient (Wildman–Crippen LogP) is 4.30. The van der Waals surface area contributed by atoms with Crippen LogP contribution in [-0.4, -0.2) is 37.1 Å². The number of ether oxygens (including phenoxy) is 1. The van der Waals surface area contributed by atoms with Gasteiger partial charge in [-0.05, 0) is 53.9 Å². The van der Waals surface area contributed by atoms with Gasteiger partial charge in [-0.25, -0.2) is 0 Å². The number of rotatable bonds is 6. The Bertz CT molecular complexity index is 604. The van der Waals surface area contributed by atoms with Crippen LogP contribution in [-0.2, 0) is 9.53 Å². The third-order valence-corrected chi connectivity index (χ3v) is 5.30. The molecule has 3 rings (SSSR count). The van der Waals surface area contributed by atoms with Crippen LogP contribution < -0.4 is 0 Å². The molecule has 1 aromatic carbocycles. The zero-order valence-electron chi connectivity index (χ0n) is 14.0. The van der Waals surface area contributed by atoms with Crippen molar-refractivity contribution >= 4 is 17.3 Å². The van der Waals surface area contributed by atoms with Gasteiger partial charge in [0.1, 0.15) is 12.5 Å². The van der Waals surface area contributed by atoms with E-state index >= 15 is 0 Å². The minimum atomic E-state index is -0.318. The van der Waals surface area contributed by atoms with Gasteiger partial charge in [-0.2, -0.15) is 11.3 Å². The first-order valence-electron chi connectivity index (χ1n) is 8.80. The Hall–Kier alpha value is -1.65. The standard InChI is InChI=1S/C20H25NO2S/c22-20(23-14-13-21-11-6-1-2-7-12-21)19(18-10-15-24-16-18)17-8-4-3-5-9-17/h3-5,8-10,15-16,19H,1-2,6-7,11-14H2/t19-/m0/s1. The Morgan fingerprint density at radius 2 is 1.79 bits per heavy atom. The Kier molecular flexibility index (Phi) is 6.44. The zero-order chi connectivity index (χ0) is 16.6. The maximum absolute atomic E-state index is 12.7. The summed E-state index contributed by atoms with van der Waals surface area (Å²) in [6.07, 6.45) is 5.17. The monoisotopic (exact) mass is 343 g/mol. The van der Waals surface area contributed by atoms with E-state index in [4.69, 9.17) is 4.74 Å². The van der Waals surface area contributed by atoms with E-state index in [9.17, 15) is 4.79 Å². The first-order chi connectivity index (χ1) is 11.8. The largest absolute Gasteiger partial charge is 0.464 e. The Morgan fingerprint density at radius 3 is 2.46 bits per heavy atom. The molecule has 0 radical (unpaired) electrons. The van der Waals surface area contributed by atoms with E-state index in [1.807, 2.05) is 47.2 Å². The molecule has 1 aliphatic rings. The summed E-state index contributed by atoms with van der Waals surface area (Å²) in [5.41, 5.74) is 2.02. The quantitative estimate of drug-likeness (QED) is 0.733. The van der Waals surface area contributed by atoms with Gasteiger partial charge in [0.25, 0.3) is 0 Å². The molecule has 1 aromatic heterocycles. The number of benzene rings is 1. The van der Waals surface area contributed by atoms with E-state index in [0.717, 1.165) is 30.8 Å². The Morgan fingerprint density at radius 1 is 1.04 bits per heavy atom. The van der Waals surface area contributed by atoms with Crippen molar-refractivity contribution in [3.8, 4) is 0 Å². The fourth-order valence-electron chi connectivity index (χ4n) is 3.27. The number of nitrogens with zero attached hydrogens (tertiary/aromatic N) is 1. The van der Waals surface area contributed by atoms with Crippen LogP contribution in [0.15, 0.2) is 47.2 Å². The molecule has 0 unspecified atom stereocenters. The molecule has 0 N–H and O–H groups in total. The number of esters is 1. The molecular weight excluding hydrogens is 318 g/mol. The maximum atomic E-state index is 12.7. The first kappa shape index (κ1) is 17.2. The molecule has 24 heavy (non-hydrogen) atoms. The normalized spacial score (nSPS) is 17.2. The van der Waals surface area contributed by atoms with Crippen LogP contribution in [0.1, 0.15) is 42.7 Å². The van der Waals surface area contributed by atoms with Gasteiger partial charge in [0.05, 0.1) is 0 Å². The highest BCUT2D eigenvalue weighted by atomic mass is 32.1. The number of carbonyl (C=O) groups is 1. The van der Waals surface area contributed by atoms with Gasteiger partial charge in [-0.15, -0.1) is 0 Å². The van der Waals surface area contributed by atoms with E-state index in [1.54, 1.807) is 11.3 Å². The third kappa shape index (κ3) is 4.68. The molecule has 3 nitrogen and oxygen atoms in total. The molecule has 2 aromatic rings. The summed E-state index contributed by atoms with van der Waals surface area (Å²) in [6, 6.07) is 11.9. The molecule has 1 fully saturated rings. The molecule has 128 valence electrons. The lowest BCUT2D eigenvalue weighted by Gasteiger charge is -2.21. The minimum absolute atomic E-state index is 0.144. The van der Waals surface area contributed by atoms with Crippen LogP contribution in [0.3, 0.4) is 0 Å². The summed E-state index contributed by atoms with van der Waals surface area (Å²) >= 11 is 1.61. The molecule has 0 amide bonds. The molecule has 0 aliphatic carbocycles. The number of thiophene rings is 1. The van der Waals surface area contributed by atoms with E-state index in [1.165, 1.54) is 25.7 Å². The van der Waals surface area contributed by atoms with Crippen LogP contribution in [0, 0.1) is 0 Å². The summed E-state index contributed by atoms with van der Waals surface area (Å²) in [7, 11) is 0. The number of carbonyl (C=O) groups excluding carboxylic acids is 1. The molecule has 1 saturated heterocycles. The summed E-state index contributed by atoms with van der Waals surface area (Å²) in [4.78, 5) is 15.1. The lowest BCUT2D eigenvalue weighted by molar-refractivity contribution is -0.144. The molecule has 0 bridgehead atoms. The van der Waals surface area contributed by atoms with Crippen molar-refractivity contribution in [3.05, 3.63) is 58.3 Å². The number of likely N-dealkylation sites (tertiary alicyclic amines) is 1. The summed E-state index contributed by atoms with van der Waals surface area (Å²) in [6.45, 7) is 3.58. The van der Waals surface area contributed by atoms with Gasteiger partial charge in [0.15, 0.2) is 0 Å². The lowest BCUT2D eigenvalue weighted by atomic mass is 9.93. The van der Waals surface area contributed by atoms with Crippen molar-refractivity contribution in [2.75, 3.05) is 26.2 Å². The first-order valence-corrected chi connectivity index (χ1v) is 9.75. The van der Waals surface area contributed by atoms with E-state index in [-0.39, 0.29) is 11.9 Å². The van der Waals surface area contributed by atoms with Crippen LogP contribution in [0.25, 0.3) is 0 Å². The lowest BCUT2D eigenvalue weighted by Crippen LogP contribution is -2.30. The summed E-state index contributed by atoms with van der Waals surface area (Å²) < 4.78 is 5.65. The predicted molar refractivity (Wildman–Crippen MR) is 98.5 cm³/mol. The highest BCUT2D eigenvalue weighted by Crippen LogP contribution is 2.27. The van der Waals surface area contributed by atoms with Crippen molar-refractivity contribution in [1.29, 1.82) is 0 Å². The molecule has 2 heterocycles. The van der Waals surface area contributed by atoms with Gasteiger partial charge in [0.2, 0.25) is 0 Å². The topological polar surface area (TPSA) is 29.5 Å². The average molecular weight is 343 g/mol. The van der Waals surface area contributed by atoms with Crippen LogP contribution in [0.2, 0.25) is 0 Å². The maximum Gasteiger partial charge on any atom is 0.318 e. The van der Waals surface area contributed by atoms with Gasteiger partial charge >= 0.3 is 5.97 Å². The second kappa shape index (κ2) is 9.00. The van der Waals surface area contributed by atoms with Crippen molar-refractivity contribution in [1.82, 2.24) is 4.90 Å². The average Bonchev–Trinajstić information content (AvgIpc) is 3.00. The van der Waals surface area contributed by atoms with Crippen molar-refractivity contribution < 1.29 is 9.53 Å².